The van der Waals surface area contributed by atoms with Gasteiger partial charge in [0.2, 0.25) is 0 Å². The number of hydrogen-bond acceptors (Lipinski definition) is 3. The number of ether oxygens (including phenoxy) is 2. The molecule has 1 rings (SSSR count). The van der Waals surface area contributed by atoms with E-state index in [1.54, 1.807) is 14.0 Å². The molecule has 0 aromatic heterocycles. The number of esters is 1. The highest BCUT2D eigenvalue weighted by molar-refractivity contribution is 6.30. The number of benzene rings is 1. The lowest BCUT2D eigenvalue weighted by atomic mass is 10.0. The third kappa shape index (κ3) is 3.13. The maximum absolute atomic E-state index is 11.6. The van der Waals surface area contributed by atoms with Gasteiger partial charge in [0.25, 0.3) is 0 Å². The molecular weight excluding hydrogens is 240 g/mol. The van der Waals surface area contributed by atoms with Gasteiger partial charge in [-0.1, -0.05) is 6.07 Å². The lowest BCUT2D eigenvalue weighted by Gasteiger charge is -2.14. The van der Waals surface area contributed by atoms with E-state index in [-0.39, 0.29) is 0 Å². The molecule has 0 saturated carbocycles. The van der Waals surface area contributed by atoms with Crippen molar-refractivity contribution in [1.29, 1.82) is 0 Å². The van der Waals surface area contributed by atoms with Crippen LogP contribution < -0.4 is 4.74 Å². The van der Waals surface area contributed by atoms with E-state index in [9.17, 15) is 4.79 Å². The molecule has 0 spiro atoms. The lowest BCUT2D eigenvalue weighted by Crippen LogP contribution is -2.12. The van der Waals surface area contributed by atoms with E-state index >= 15 is 0 Å². The number of halogens is 1. The topological polar surface area (TPSA) is 35.5 Å². The molecule has 0 aliphatic rings. The zero-order chi connectivity index (χ0) is 13.0. The Bertz CT molecular complexity index is 415. The van der Waals surface area contributed by atoms with E-state index in [1.165, 1.54) is 0 Å². The minimum atomic E-state index is -0.764. The Morgan fingerprint density at radius 3 is 2.53 bits per heavy atom. The molecule has 0 N–H and O–H groups in total. The van der Waals surface area contributed by atoms with Gasteiger partial charge < -0.3 is 9.47 Å². The Balaban J connectivity index is 3.06. The Morgan fingerprint density at radius 2 is 2.00 bits per heavy atom. The largest absolute Gasteiger partial charge is 0.496 e. The van der Waals surface area contributed by atoms with Gasteiger partial charge in [0, 0.05) is 0 Å². The fraction of sp³-hybridized carbons (Fsp3) is 0.462. The maximum atomic E-state index is 11.6. The third-order valence-electron chi connectivity index (χ3n) is 2.55. The van der Waals surface area contributed by atoms with Crippen molar-refractivity contribution in [2.45, 2.75) is 26.1 Å². The number of hydrogen-bond donors (Lipinski definition) is 0. The van der Waals surface area contributed by atoms with Gasteiger partial charge in [-0.05, 0) is 43.5 Å². The summed E-state index contributed by atoms with van der Waals surface area (Å²) in [5.74, 6) is 0.376. The van der Waals surface area contributed by atoms with Gasteiger partial charge in [0.1, 0.15) is 5.75 Å². The molecule has 4 heteroatoms. The molecule has 94 valence electrons. The normalized spacial score (nSPS) is 12.1. The first-order chi connectivity index (χ1) is 8.01. The van der Waals surface area contributed by atoms with Crippen molar-refractivity contribution < 1.29 is 14.3 Å². The minimum absolute atomic E-state index is 0.330. The number of methoxy groups -OCH3 is 1. The number of rotatable bonds is 4. The van der Waals surface area contributed by atoms with E-state index in [2.05, 4.69) is 0 Å². The molecule has 0 aliphatic carbocycles. The molecule has 3 nitrogen and oxygen atoms in total. The van der Waals surface area contributed by atoms with Crippen LogP contribution in [0.4, 0.5) is 0 Å². The van der Waals surface area contributed by atoms with Crippen molar-refractivity contribution in [1.82, 2.24) is 0 Å². The monoisotopic (exact) mass is 256 g/mol. The number of aryl methyl sites for hydroxylation is 2. The summed E-state index contributed by atoms with van der Waals surface area (Å²) in [5.41, 5.74) is 2.63. The average Bonchev–Trinajstić information content (AvgIpc) is 2.31. The Kier molecular flexibility index (Phi) is 4.82. The van der Waals surface area contributed by atoms with Gasteiger partial charge in [-0.15, -0.1) is 11.6 Å². The van der Waals surface area contributed by atoms with Crippen molar-refractivity contribution in [2.75, 3.05) is 13.7 Å². The second-order valence-electron chi connectivity index (χ2n) is 3.79. The lowest BCUT2D eigenvalue weighted by molar-refractivity contribution is -0.142. The molecule has 0 saturated heterocycles. The van der Waals surface area contributed by atoms with Crippen molar-refractivity contribution in [2.24, 2.45) is 0 Å². The van der Waals surface area contributed by atoms with Gasteiger partial charge in [-0.3, -0.25) is 4.79 Å². The molecule has 0 fully saturated rings. The summed E-state index contributed by atoms with van der Waals surface area (Å²) >= 11 is 6.09. The summed E-state index contributed by atoms with van der Waals surface area (Å²) in [6, 6.07) is 3.74. The molecule has 0 aliphatic heterocycles. The van der Waals surface area contributed by atoms with Gasteiger partial charge in [-0.25, -0.2) is 0 Å². The highest BCUT2D eigenvalue weighted by atomic mass is 35.5. The van der Waals surface area contributed by atoms with Crippen molar-refractivity contribution in [3.05, 3.63) is 28.8 Å². The van der Waals surface area contributed by atoms with Crippen LogP contribution in [0.1, 0.15) is 29.0 Å². The Hall–Kier alpha value is -1.22. The predicted molar refractivity (Wildman–Crippen MR) is 67.7 cm³/mol. The smallest absolute Gasteiger partial charge is 0.328 e. The number of carbonyl (C=O) groups excluding carboxylic acids is 1. The zero-order valence-corrected chi connectivity index (χ0v) is 11.3. The molecule has 0 radical (unpaired) electrons. The molecule has 17 heavy (non-hydrogen) atoms. The summed E-state index contributed by atoms with van der Waals surface area (Å²) in [5, 5.41) is -0.764. The molecule has 1 atom stereocenters. The van der Waals surface area contributed by atoms with Gasteiger partial charge in [0.15, 0.2) is 5.38 Å². The average molecular weight is 257 g/mol. The van der Waals surface area contributed by atoms with Crippen molar-refractivity contribution >= 4 is 17.6 Å². The van der Waals surface area contributed by atoms with Crippen LogP contribution in [-0.2, 0) is 9.53 Å². The highest BCUT2D eigenvalue weighted by Gasteiger charge is 2.21. The second kappa shape index (κ2) is 5.92. The molecule has 1 aromatic rings. The summed E-state index contributed by atoms with van der Waals surface area (Å²) in [7, 11) is 1.62. The summed E-state index contributed by atoms with van der Waals surface area (Å²) in [4.78, 5) is 11.6. The van der Waals surface area contributed by atoms with Crippen LogP contribution in [0.15, 0.2) is 12.1 Å². The number of carbonyl (C=O) groups is 1. The van der Waals surface area contributed by atoms with Crippen molar-refractivity contribution in [3.8, 4) is 5.75 Å². The SMILES string of the molecule is CCOC(=O)C(Cl)c1cc(C)c(OC)cc1C. The van der Waals surface area contributed by atoms with Crippen LogP contribution in [0.2, 0.25) is 0 Å². The van der Waals surface area contributed by atoms with Crippen LogP contribution in [0.25, 0.3) is 0 Å². The molecule has 0 amide bonds. The Morgan fingerprint density at radius 1 is 1.35 bits per heavy atom. The zero-order valence-electron chi connectivity index (χ0n) is 10.5. The number of alkyl halides is 1. The molecule has 1 aromatic carbocycles. The van der Waals surface area contributed by atoms with E-state index < -0.39 is 11.3 Å². The second-order valence-corrected chi connectivity index (χ2v) is 4.23. The first-order valence-electron chi connectivity index (χ1n) is 5.47. The van der Waals surface area contributed by atoms with Gasteiger partial charge in [0.05, 0.1) is 13.7 Å². The van der Waals surface area contributed by atoms with E-state index in [0.717, 1.165) is 22.4 Å². The summed E-state index contributed by atoms with van der Waals surface area (Å²) in [6.07, 6.45) is 0. The standard InChI is InChI=1S/C13H17ClO3/c1-5-17-13(15)12(14)10-6-9(3)11(16-4)7-8(10)2/h6-7,12H,5H2,1-4H3. The first kappa shape index (κ1) is 13.8. The molecular formula is C13H17ClO3. The van der Waals surface area contributed by atoms with Crippen LogP contribution in [0, 0.1) is 13.8 Å². The first-order valence-corrected chi connectivity index (χ1v) is 5.90. The maximum Gasteiger partial charge on any atom is 0.328 e. The fourth-order valence-corrected chi connectivity index (χ4v) is 1.95. The minimum Gasteiger partial charge on any atom is -0.496 e. The molecule has 1 unspecified atom stereocenters. The Labute approximate surface area is 107 Å². The fourth-order valence-electron chi connectivity index (χ4n) is 1.65. The molecule has 0 bridgehead atoms. The van der Waals surface area contributed by atoms with Crippen LogP contribution in [-0.4, -0.2) is 19.7 Å². The van der Waals surface area contributed by atoms with Crippen LogP contribution >= 0.6 is 11.6 Å². The van der Waals surface area contributed by atoms with Gasteiger partial charge >= 0.3 is 5.97 Å². The van der Waals surface area contributed by atoms with Gasteiger partial charge in [-0.2, -0.15) is 0 Å². The molecule has 0 heterocycles. The quantitative estimate of drug-likeness (QED) is 0.613. The van der Waals surface area contributed by atoms with Crippen molar-refractivity contribution in [3.63, 3.8) is 0 Å². The highest BCUT2D eigenvalue weighted by Crippen LogP contribution is 2.30. The van der Waals surface area contributed by atoms with Crippen LogP contribution in [0.5, 0.6) is 5.75 Å². The predicted octanol–water partition coefficient (Wildman–Crippen LogP) is 3.16. The summed E-state index contributed by atoms with van der Waals surface area (Å²) in [6.45, 7) is 5.90. The van der Waals surface area contributed by atoms with E-state index in [1.807, 2.05) is 26.0 Å². The summed E-state index contributed by atoms with van der Waals surface area (Å²) < 4.78 is 10.1. The third-order valence-corrected chi connectivity index (χ3v) is 2.96. The van der Waals surface area contributed by atoms with E-state index in [4.69, 9.17) is 21.1 Å². The van der Waals surface area contributed by atoms with Crippen LogP contribution in [0.3, 0.4) is 0 Å². The van der Waals surface area contributed by atoms with E-state index in [0.29, 0.717) is 6.61 Å².